The van der Waals surface area contributed by atoms with E-state index in [1.165, 1.54) is 6.07 Å². The second kappa shape index (κ2) is 9.78. The van der Waals surface area contributed by atoms with Crippen molar-refractivity contribution in [2.75, 3.05) is 10.6 Å². The monoisotopic (exact) mass is 452 g/mol. The summed E-state index contributed by atoms with van der Waals surface area (Å²) in [5.41, 5.74) is 3.72. The van der Waals surface area contributed by atoms with Crippen LogP contribution >= 0.6 is 11.6 Å². The van der Waals surface area contributed by atoms with Crippen LogP contribution in [0.5, 0.6) is 0 Å². The van der Waals surface area contributed by atoms with E-state index in [0.717, 1.165) is 15.8 Å². The van der Waals surface area contributed by atoms with Gasteiger partial charge >= 0.3 is 0 Å². The molecule has 0 saturated carbocycles. The minimum Gasteiger partial charge on any atom is -0.326 e. The van der Waals surface area contributed by atoms with E-state index < -0.39 is 17.5 Å². The van der Waals surface area contributed by atoms with E-state index in [2.05, 4.69) is 15.7 Å². The molecule has 1 aromatic heterocycles. The maximum Gasteiger partial charge on any atom is 0.267 e. The van der Waals surface area contributed by atoms with Gasteiger partial charge in [-0.25, -0.2) is 4.68 Å². The van der Waals surface area contributed by atoms with Crippen molar-refractivity contribution >= 4 is 34.8 Å². The van der Waals surface area contributed by atoms with Crippen molar-refractivity contribution in [1.82, 2.24) is 9.78 Å². The quantitative estimate of drug-likeness (QED) is 0.565. The molecule has 166 valence electrons. The molecule has 0 bridgehead atoms. The second-order valence-electron chi connectivity index (χ2n) is 7.53. The van der Waals surface area contributed by atoms with Crippen molar-refractivity contribution in [2.24, 2.45) is 0 Å². The maximum absolute atomic E-state index is 12.9. The highest BCUT2D eigenvalue weighted by Crippen LogP contribution is 2.27. The molecule has 32 heavy (non-hydrogen) atoms. The SMILES string of the molecule is CCC(=O)Nc1cc(-c2ccc(=O)n([C@@H](C)C(=O)Nc3c(C)cccc3Cl)n2)ccc1C. The molecule has 3 rings (SSSR count). The van der Waals surface area contributed by atoms with Gasteiger partial charge in [0.1, 0.15) is 6.04 Å². The van der Waals surface area contributed by atoms with E-state index in [9.17, 15) is 14.4 Å². The summed E-state index contributed by atoms with van der Waals surface area (Å²) in [6.45, 7) is 7.11. The molecule has 0 unspecified atom stereocenters. The number of hydrogen-bond donors (Lipinski definition) is 2. The number of benzene rings is 2. The number of anilines is 2. The zero-order chi connectivity index (χ0) is 23.4. The lowest BCUT2D eigenvalue weighted by Gasteiger charge is -2.17. The van der Waals surface area contributed by atoms with Crippen molar-refractivity contribution < 1.29 is 9.59 Å². The van der Waals surface area contributed by atoms with Gasteiger partial charge in [-0.05, 0) is 50.1 Å². The average Bonchev–Trinajstić information content (AvgIpc) is 2.77. The van der Waals surface area contributed by atoms with Gasteiger partial charge in [-0.15, -0.1) is 0 Å². The molecule has 2 aromatic carbocycles. The Morgan fingerprint density at radius 1 is 1.06 bits per heavy atom. The summed E-state index contributed by atoms with van der Waals surface area (Å²) in [5, 5.41) is 10.5. The number of rotatable bonds is 6. The lowest BCUT2D eigenvalue weighted by molar-refractivity contribution is -0.119. The molecule has 2 amide bonds. The number of aryl methyl sites for hydroxylation is 2. The Morgan fingerprint density at radius 3 is 2.50 bits per heavy atom. The molecule has 0 saturated heterocycles. The summed E-state index contributed by atoms with van der Waals surface area (Å²) >= 11 is 6.21. The average molecular weight is 453 g/mol. The van der Waals surface area contributed by atoms with Gasteiger partial charge in [-0.2, -0.15) is 5.10 Å². The molecule has 2 N–H and O–H groups in total. The Labute approximate surface area is 191 Å². The first-order chi connectivity index (χ1) is 15.2. The van der Waals surface area contributed by atoms with Gasteiger partial charge in [0, 0.05) is 23.7 Å². The number of carbonyl (C=O) groups excluding carboxylic acids is 2. The number of aromatic nitrogens is 2. The molecule has 8 heteroatoms. The van der Waals surface area contributed by atoms with E-state index in [0.29, 0.717) is 34.1 Å². The van der Waals surface area contributed by atoms with Crippen LogP contribution in [0.15, 0.2) is 53.3 Å². The summed E-state index contributed by atoms with van der Waals surface area (Å²) in [6, 6.07) is 12.9. The van der Waals surface area contributed by atoms with Crippen LogP contribution in [0.1, 0.15) is 37.4 Å². The number of amides is 2. The van der Waals surface area contributed by atoms with Crippen LogP contribution in [0.2, 0.25) is 5.02 Å². The van der Waals surface area contributed by atoms with Gasteiger partial charge in [0.15, 0.2) is 0 Å². The molecule has 0 aliphatic rings. The van der Waals surface area contributed by atoms with Gasteiger partial charge in [0.2, 0.25) is 11.8 Å². The van der Waals surface area contributed by atoms with E-state index in [-0.39, 0.29) is 5.91 Å². The fraction of sp³-hybridized carbons (Fsp3) is 0.250. The number of nitrogens with one attached hydrogen (secondary N) is 2. The standard InChI is InChI=1S/C24H25ClN4O3/c1-5-21(30)26-20-13-17(10-9-14(20)2)19-11-12-22(31)29(28-19)16(4)24(32)27-23-15(3)7-6-8-18(23)25/h6-13,16H,5H2,1-4H3,(H,26,30)(H,27,32)/t16-/m0/s1. The summed E-state index contributed by atoms with van der Waals surface area (Å²) in [4.78, 5) is 37.1. The summed E-state index contributed by atoms with van der Waals surface area (Å²) in [5.74, 6) is -0.504. The van der Waals surface area contributed by atoms with Gasteiger partial charge in [-0.1, -0.05) is 42.8 Å². The Morgan fingerprint density at radius 2 is 1.81 bits per heavy atom. The fourth-order valence-electron chi connectivity index (χ4n) is 3.14. The van der Waals surface area contributed by atoms with Crippen molar-refractivity contribution in [2.45, 2.75) is 40.2 Å². The van der Waals surface area contributed by atoms with Crippen LogP contribution in [-0.2, 0) is 9.59 Å². The predicted molar refractivity (Wildman–Crippen MR) is 127 cm³/mol. The zero-order valence-electron chi connectivity index (χ0n) is 18.4. The molecular weight excluding hydrogens is 428 g/mol. The second-order valence-corrected chi connectivity index (χ2v) is 7.94. The van der Waals surface area contributed by atoms with Crippen LogP contribution in [0.4, 0.5) is 11.4 Å². The highest BCUT2D eigenvalue weighted by atomic mass is 35.5. The van der Waals surface area contributed by atoms with Gasteiger partial charge in [0.05, 0.1) is 16.4 Å². The number of para-hydroxylation sites is 1. The lowest BCUT2D eigenvalue weighted by Crippen LogP contribution is -2.33. The number of nitrogens with zero attached hydrogens (tertiary/aromatic N) is 2. The lowest BCUT2D eigenvalue weighted by atomic mass is 10.1. The summed E-state index contributed by atoms with van der Waals surface area (Å²) in [7, 11) is 0. The van der Waals surface area contributed by atoms with Crippen molar-refractivity contribution in [3.8, 4) is 11.3 Å². The molecule has 1 heterocycles. The Balaban J connectivity index is 1.92. The van der Waals surface area contributed by atoms with E-state index in [4.69, 9.17) is 11.6 Å². The first kappa shape index (κ1) is 23.2. The minimum absolute atomic E-state index is 0.0941. The van der Waals surface area contributed by atoms with Crippen LogP contribution in [0.25, 0.3) is 11.3 Å². The van der Waals surface area contributed by atoms with Crippen LogP contribution in [0, 0.1) is 13.8 Å². The maximum atomic E-state index is 12.9. The van der Waals surface area contributed by atoms with E-state index in [1.54, 1.807) is 38.1 Å². The van der Waals surface area contributed by atoms with Crippen molar-refractivity contribution in [3.05, 3.63) is 75.0 Å². The summed E-state index contributed by atoms with van der Waals surface area (Å²) in [6.07, 6.45) is 0.365. The third kappa shape index (κ3) is 5.06. The van der Waals surface area contributed by atoms with Gasteiger partial charge in [-0.3, -0.25) is 14.4 Å². The predicted octanol–water partition coefficient (Wildman–Crippen LogP) is 4.73. The normalized spacial score (nSPS) is 11.7. The highest BCUT2D eigenvalue weighted by Gasteiger charge is 2.20. The molecule has 0 spiro atoms. The third-order valence-corrected chi connectivity index (χ3v) is 5.49. The van der Waals surface area contributed by atoms with Crippen molar-refractivity contribution in [3.63, 3.8) is 0 Å². The largest absolute Gasteiger partial charge is 0.326 e. The van der Waals surface area contributed by atoms with Crippen LogP contribution in [-0.4, -0.2) is 21.6 Å². The number of hydrogen-bond acceptors (Lipinski definition) is 4. The minimum atomic E-state index is -0.872. The van der Waals surface area contributed by atoms with Crippen LogP contribution in [0.3, 0.4) is 0 Å². The Hall–Kier alpha value is -3.45. The molecule has 0 radical (unpaired) electrons. The number of carbonyl (C=O) groups is 2. The fourth-order valence-corrected chi connectivity index (χ4v) is 3.41. The smallest absolute Gasteiger partial charge is 0.267 e. The third-order valence-electron chi connectivity index (χ3n) is 5.17. The van der Waals surface area contributed by atoms with Gasteiger partial charge in [0.25, 0.3) is 5.56 Å². The van der Waals surface area contributed by atoms with E-state index >= 15 is 0 Å². The zero-order valence-corrected chi connectivity index (χ0v) is 19.2. The first-order valence-electron chi connectivity index (χ1n) is 10.3. The molecule has 0 aliphatic carbocycles. The molecular formula is C24H25ClN4O3. The van der Waals surface area contributed by atoms with Crippen molar-refractivity contribution in [1.29, 1.82) is 0 Å². The highest BCUT2D eigenvalue weighted by molar-refractivity contribution is 6.34. The number of halogens is 1. The Kier molecular flexibility index (Phi) is 7.10. The van der Waals surface area contributed by atoms with Crippen LogP contribution < -0.4 is 16.2 Å². The first-order valence-corrected chi connectivity index (χ1v) is 10.7. The molecule has 3 aromatic rings. The molecule has 0 fully saturated rings. The molecule has 0 aliphatic heterocycles. The topological polar surface area (TPSA) is 93.1 Å². The van der Waals surface area contributed by atoms with Gasteiger partial charge < -0.3 is 10.6 Å². The Bertz CT molecular complexity index is 1220. The summed E-state index contributed by atoms with van der Waals surface area (Å²) < 4.78 is 1.14. The molecule has 7 nitrogen and oxygen atoms in total. The molecule has 1 atom stereocenters. The van der Waals surface area contributed by atoms with E-state index in [1.807, 2.05) is 32.0 Å².